The lowest BCUT2D eigenvalue weighted by Gasteiger charge is -2.11. The van der Waals surface area contributed by atoms with E-state index >= 15 is 0 Å². The van der Waals surface area contributed by atoms with Gasteiger partial charge in [-0.1, -0.05) is 98.1 Å². The van der Waals surface area contributed by atoms with Crippen molar-refractivity contribution < 1.29 is 0 Å². The molecule has 4 heteroatoms. The molecule has 0 fully saturated rings. The van der Waals surface area contributed by atoms with Crippen molar-refractivity contribution in [3.8, 4) is 28.5 Å². The molecular formula is C33H24N4. The second-order valence-electron chi connectivity index (χ2n) is 8.65. The highest BCUT2D eigenvalue weighted by atomic mass is 15.0. The van der Waals surface area contributed by atoms with Gasteiger partial charge in [-0.05, 0) is 36.4 Å². The number of allylic oxidation sites excluding steroid dienone is 4. The zero-order chi connectivity index (χ0) is 25.2. The summed E-state index contributed by atoms with van der Waals surface area (Å²) in [4.78, 5) is 14.4. The van der Waals surface area contributed by atoms with Gasteiger partial charge in [0.25, 0.3) is 0 Å². The van der Waals surface area contributed by atoms with Crippen LogP contribution in [0.3, 0.4) is 0 Å². The molecule has 0 bridgehead atoms. The van der Waals surface area contributed by atoms with E-state index in [0.29, 0.717) is 17.5 Å². The Labute approximate surface area is 215 Å². The number of hydrogen-bond acceptors (Lipinski definition) is 3. The predicted molar refractivity (Wildman–Crippen MR) is 153 cm³/mol. The third-order valence-corrected chi connectivity index (χ3v) is 6.41. The van der Waals surface area contributed by atoms with Gasteiger partial charge < -0.3 is 4.57 Å². The molecule has 0 atom stereocenters. The fourth-order valence-corrected chi connectivity index (χ4v) is 4.67. The van der Waals surface area contributed by atoms with Gasteiger partial charge in [0.2, 0.25) is 0 Å². The van der Waals surface area contributed by atoms with Crippen molar-refractivity contribution in [1.29, 1.82) is 0 Å². The number of aromatic nitrogens is 4. The number of hydrogen-bond donors (Lipinski definition) is 0. The van der Waals surface area contributed by atoms with Crippen LogP contribution < -0.4 is 0 Å². The molecule has 2 heterocycles. The highest BCUT2D eigenvalue weighted by Crippen LogP contribution is 2.32. The molecule has 0 unspecified atom stereocenters. The van der Waals surface area contributed by atoms with E-state index in [9.17, 15) is 0 Å². The van der Waals surface area contributed by atoms with Crippen LogP contribution >= 0.6 is 0 Å². The van der Waals surface area contributed by atoms with Crippen LogP contribution in [-0.2, 0) is 0 Å². The predicted octanol–water partition coefficient (Wildman–Crippen LogP) is 8.06. The van der Waals surface area contributed by atoms with Crippen LogP contribution in [0.15, 0.2) is 135 Å². The molecule has 6 aromatic rings. The lowest BCUT2D eigenvalue weighted by atomic mass is 10.1. The van der Waals surface area contributed by atoms with Gasteiger partial charge in [-0.15, -0.1) is 0 Å². The summed E-state index contributed by atoms with van der Waals surface area (Å²) >= 11 is 0. The molecule has 0 aliphatic rings. The molecule has 0 saturated heterocycles. The van der Waals surface area contributed by atoms with Crippen LogP contribution in [0.2, 0.25) is 0 Å². The van der Waals surface area contributed by atoms with E-state index in [2.05, 4.69) is 90.5 Å². The maximum atomic E-state index is 4.83. The van der Waals surface area contributed by atoms with Crippen molar-refractivity contribution in [3.05, 3.63) is 140 Å². The molecule has 4 aromatic carbocycles. The van der Waals surface area contributed by atoms with Crippen LogP contribution in [-0.4, -0.2) is 19.5 Å². The Kier molecular flexibility index (Phi) is 5.75. The average molecular weight is 477 g/mol. The summed E-state index contributed by atoms with van der Waals surface area (Å²) in [6.07, 6.45) is 5.30. The van der Waals surface area contributed by atoms with Crippen LogP contribution in [0.4, 0.5) is 0 Å². The molecule has 0 radical (unpaired) electrons. The second-order valence-corrected chi connectivity index (χ2v) is 8.65. The van der Waals surface area contributed by atoms with Crippen molar-refractivity contribution in [2.24, 2.45) is 0 Å². The number of fused-ring (bicyclic) bond motifs is 3. The maximum Gasteiger partial charge on any atom is 0.164 e. The maximum absolute atomic E-state index is 4.83. The summed E-state index contributed by atoms with van der Waals surface area (Å²) in [5.41, 5.74) is 6.06. The fraction of sp³-hybridized carbons (Fsp3) is 0. The first-order valence-electron chi connectivity index (χ1n) is 12.1. The van der Waals surface area contributed by atoms with Gasteiger partial charge in [0.15, 0.2) is 17.5 Å². The Morgan fingerprint density at radius 2 is 1.14 bits per heavy atom. The van der Waals surface area contributed by atoms with Gasteiger partial charge in [-0.25, -0.2) is 15.0 Å². The van der Waals surface area contributed by atoms with Gasteiger partial charge in [-0.2, -0.15) is 0 Å². The Morgan fingerprint density at radius 3 is 1.70 bits per heavy atom. The summed E-state index contributed by atoms with van der Waals surface area (Å²) < 4.78 is 2.30. The first-order valence-corrected chi connectivity index (χ1v) is 12.1. The van der Waals surface area contributed by atoms with Crippen molar-refractivity contribution >= 4 is 27.4 Å². The number of para-hydroxylation sites is 2. The zero-order valence-corrected chi connectivity index (χ0v) is 20.3. The third kappa shape index (κ3) is 4.05. The first-order chi connectivity index (χ1) is 18.3. The minimum absolute atomic E-state index is 0.560. The van der Waals surface area contributed by atoms with Gasteiger partial charge >= 0.3 is 0 Å². The van der Waals surface area contributed by atoms with Crippen molar-refractivity contribution in [2.45, 2.75) is 0 Å². The quantitative estimate of drug-likeness (QED) is 0.228. The standard InChI is InChI=1S/C33H24N4/c1-3-12-23(4-2)31-34-32(24-13-6-5-7-14-24)36-33(35-31)25-19-21-26(22-20-25)37-29-17-10-8-15-27(29)28-16-9-11-18-30(28)37/h3-22H,1-2H2/b23-12+. The summed E-state index contributed by atoms with van der Waals surface area (Å²) in [5.74, 6) is 1.78. The summed E-state index contributed by atoms with van der Waals surface area (Å²) in [7, 11) is 0. The zero-order valence-electron chi connectivity index (χ0n) is 20.3. The number of benzene rings is 4. The molecule has 0 spiro atoms. The molecule has 0 N–H and O–H groups in total. The fourth-order valence-electron chi connectivity index (χ4n) is 4.67. The highest BCUT2D eigenvalue weighted by Gasteiger charge is 2.14. The van der Waals surface area contributed by atoms with Crippen LogP contribution in [0.5, 0.6) is 0 Å². The molecule has 4 nitrogen and oxygen atoms in total. The topological polar surface area (TPSA) is 43.6 Å². The monoisotopic (exact) mass is 476 g/mol. The van der Waals surface area contributed by atoms with Crippen LogP contribution in [0.25, 0.3) is 55.8 Å². The minimum Gasteiger partial charge on any atom is -0.309 e. The second kappa shape index (κ2) is 9.51. The van der Waals surface area contributed by atoms with E-state index in [4.69, 9.17) is 15.0 Å². The number of nitrogens with zero attached hydrogens (tertiary/aromatic N) is 4. The molecule has 0 saturated carbocycles. The van der Waals surface area contributed by atoms with E-state index in [1.54, 1.807) is 12.2 Å². The lowest BCUT2D eigenvalue weighted by Crippen LogP contribution is -2.02. The summed E-state index contributed by atoms with van der Waals surface area (Å²) in [6.45, 7) is 7.75. The van der Waals surface area contributed by atoms with Crippen molar-refractivity contribution in [3.63, 3.8) is 0 Å². The van der Waals surface area contributed by atoms with Crippen molar-refractivity contribution in [1.82, 2.24) is 19.5 Å². The van der Waals surface area contributed by atoms with E-state index in [1.165, 1.54) is 21.8 Å². The van der Waals surface area contributed by atoms with Crippen LogP contribution in [0, 0.1) is 0 Å². The van der Waals surface area contributed by atoms with Gasteiger partial charge in [0, 0.05) is 33.2 Å². The molecule has 0 aliphatic heterocycles. The Bertz CT molecular complexity index is 1740. The number of rotatable bonds is 6. The Balaban J connectivity index is 1.49. The van der Waals surface area contributed by atoms with Gasteiger partial charge in [-0.3, -0.25) is 0 Å². The molecule has 6 rings (SSSR count). The van der Waals surface area contributed by atoms with Gasteiger partial charge in [0.1, 0.15) is 0 Å². The molecule has 0 amide bonds. The molecular weight excluding hydrogens is 452 g/mol. The highest BCUT2D eigenvalue weighted by molar-refractivity contribution is 6.09. The molecule has 37 heavy (non-hydrogen) atoms. The Morgan fingerprint density at radius 1 is 0.595 bits per heavy atom. The third-order valence-electron chi connectivity index (χ3n) is 6.41. The first kappa shape index (κ1) is 22.4. The smallest absolute Gasteiger partial charge is 0.164 e. The molecule has 176 valence electrons. The van der Waals surface area contributed by atoms with E-state index in [-0.39, 0.29) is 0 Å². The SMILES string of the molecule is C=C/C=C(\C=C)c1nc(-c2ccccc2)nc(-c2ccc(-n3c4ccccc4c4ccccc43)cc2)n1. The van der Waals surface area contributed by atoms with E-state index in [1.807, 2.05) is 36.4 Å². The lowest BCUT2D eigenvalue weighted by molar-refractivity contribution is 1.04. The van der Waals surface area contributed by atoms with Crippen molar-refractivity contribution in [2.75, 3.05) is 0 Å². The van der Waals surface area contributed by atoms with Gasteiger partial charge in [0.05, 0.1) is 11.0 Å². The largest absolute Gasteiger partial charge is 0.309 e. The van der Waals surface area contributed by atoms with E-state index < -0.39 is 0 Å². The molecule has 2 aromatic heterocycles. The summed E-state index contributed by atoms with van der Waals surface area (Å²) in [6, 6.07) is 35.3. The normalized spacial score (nSPS) is 11.6. The van der Waals surface area contributed by atoms with Crippen LogP contribution in [0.1, 0.15) is 5.82 Å². The minimum atomic E-state index is 0.560. The Hall–Kier alpha value is -5.09. The summed E-state index contributed by atoms with van der Waals surface area (Å²) in [5, 5.41) is 2.48. The average Bonchev–Trinajstić information content (AvgIpc) is 3.31. The molecule has 0 aliphatic carbocycles. The van der Waals surface area contributed by atoms with E-state index in [0.717, 1.165) is 22.4 Å².